The van der Waals surface area contributed by atoms with Crippen LogP contribution in [0.3, 0.4) is 0 Å². The highest BCUT2D eigenvalue weighted by atomic mass is 19.4. The molecule has 0 aliphatic carbocycles. The molecule has 2 aromatic carbocycles. The maximum atomic E-state index is 14.2. The molecule has 0 amide bonds. The Hall–Kier alpha value is -4.05. The zero-order valence-electron chi connectivity index (χ0n) is 21.0. The van der Waals surface area contributed by atoms with Crippen LogP contribution in [0.2, 0.25) is 0 Å². The first kappa shape index (κ1) is 25.2. The van der Waals surface area contributed by atoms with Crippen molar-refractivity contribution in [3.8, 4) is 22.6 Å². The van der Waals surface area contributed by atoms with Crippen LogP contribution in [0.1, 0.15) is 29.4 Å². The van der Waals surface area contributed by atoms with Crippen LogP contribution in [0.4, 0.5) is 13.2 Å². The van der Waals surface area contributed by atoms with Gasteiger partial charge in [-0.2, -0.15) is 13.2 Å². The smallest absolute Gasteiger partial charge is 0.450 e. The zero-order chi connectivity index (χ0) is 27.5. The Kier molecular flexibility index (Phi) is 6.02. The van der Waals surface area contributed by atoms with Gasteiger partial charge in [-0.1, -0.05) is 18.2 Å². The van der Waals surface area contributed by atoms with E-state index in [0.29, 0.717) is 25.4 Å². The Morgan fingerprint density at radius 1 is 1.03 bits per heavy atom. The Bertz CT molecular complexity index is 1690. The van der Waals surface area contributed by atoms with E-state index in [4.69, 9.17) is 9.15 Å². The molecule has 2 aliphatic rings. The predicted molar refractivity (Wildman–Crippen MR) is 138 cm³/mol. The number of hydrogen-bond acceptors (Lipinski definition) is 6. The SMILES string of the molecule is COc1ccc(-c2c(C(F)(F)F)oc3c(CN4CC5CC(C4)c4cccc(=O)n4C5)c(O)ccc3c2=O)cc1. The molecule has 0 spiro atoms. The molecule has 2 unspecified atom stereocenters. The van der Waals surface area contributed by atoms with Crippen molar-refractivity contribution in [2.45, 2.75) is 31.6 Å². The molecule has 4 aromatic rings. The van der Waals surface area contributed by atoms with Gasteiger partial charge in [0.2, 0.25) is 11.2 Å². The molecule has 1 N–H and O–H groups in total. The summed E-state index contributed by atoms with van der Waals surface area (Å²) in [7, 11) is 1.43. The molecule has 2 atom stereocenters. The van der Waals surface area contributed by atoms with Gasteiger partial charge in [-0.25, -0.2) is 0 Å². The van der Waals surface area contributed by atoms with E-state index in [2.05, 4.69) is 0 Å². The van der Waals surface area contributed by atoms with Gasteiger partial charge >= 0.3 is 6.18 Å². The van der Waals surface area contributed by atoms with Crippen molar-refractivity contribution >= 4 is 11.0 Å². The van der Waals surface area contributed by atoms with Crippen LogP contribution >= 0.6 is 0 Å². The zero-order valence-corrected chi connectivity index (χ0v) is 21.0. The largest absolute Gasteiger partial charge is 0.507 e. The fourth-order valence-electron chi connectivity index (χ4n) is 6.02. The quantitative estimate of drug-likeness (QED) is 0.395. The Labute approximate surface area is 220 Å². The highest BCUT2D eigenvalue weighted by Crippen LogP contribution is 2.41. The Morgan fingerprint density at radius 3 is 2.51 bits per heavy atom. The van der Waals surface area contributed by atoms with Gasteiger partial charge in [0.1, 0.15) is 17.1 Å². The van der Waals surface area contributed by atoms with E-state index < -0.39 is 22.9 Å². The van der Waals surface area contributed by atoms with Gasteiger partial charge in [0.25, 0.3) is 5.56 Å². The minimum Gasteiger partial charge on any atom is -0.507 e. The topological polar surface area (TPSA) is 84.9 Å². The van der Waals surface area contributed by atoms with Crippen molar-refractivity contribution < 1.29 is 27.4 Å². The number of phenols is 1. The molecule has 7 nitrogen and oxygen atoms in total. The number of nitrogens with zero attached hydrogens (tertiary/aromatic N) is 2. The minimum absolute atomic E-state index is 0.0449. The standard InChI is InChI=1S/C29H25F3N2O5/c1-38-19-7-5-17(6-8-19)25-26(37)20-9-10-23(35)21(27(20)39-28(25)29(30,31)32)15-33-12-16-11-18(14-33)22-3-2-4-24(36)34(22)13-16/h2-10,16,18,35H,11-15H2,1H3. The number of aromatic nitrogens is 1. The molecule has 4 heterocycles. The summed E-state index contributed by atoms with van der Waals surface area (Å²) in [5.74, 6) is -0.983. The number of rotatable bonds is 4. The van der Waals surface area contributed by atoms with Gasteiger partial charge in [-0.05, 0) is 48.2 Å². The molecule has 1 fully saturated rings. The van der Waals surface area contributed by atoms with E-state index in [9.17, 15) is 27.9 Å². The molecule has 2 aliphatic heterocycles. The van der Waals surface area contributed by atoms with Crippen LogP contribution in [-0.4, -0.2) is 34.8 Å². The van der Waals surface area contributed by atoms with E-state index in [-0.39, 0.29) is 51.8 Å². The van der Waals surface area contributed by atoms with Crippen LogP contribution in [0.25, 0.3) is 22.1 Å². The van der Waals surface area contributed by atoms with Crippen LogP contribution in [-0.2, 0) is 19.3 Å². The number of benzene rings is 2. The summed E-state index contributed by atoms with van der Waals surface area (Å²) in [5, 5.41) is 10.7. The lowest BCUT2D eigenvalue weighted by molar-refractivity contribution is -0.152. The molecule has 2 bridgehead atoms. The first-order valence-electron chi connectivity index (χ1n) is 12.6. The number of likely N-dealkylation sites (tertiary alicyclic amines) is 1. The first-order valence-corrected chi connectivity index (χ1v) is 12.6. The monoisotopic (exact) mass is 538 g/mol. The van der Waals surface area contributed by atoms with Crippen molar-refractivity contribution in [1.29, 1.82) is 0 Å². The molecule has 202 valence electrons. The predicted octanol–water partition coefficient (Wildman–Crippen LogP) is 4.97. The van der Waals surface area contributed by atoms with Crippen LogP contribution in [0.5, 0.6) is 11.5 Å². The molecule has 2 aromatic heterocycles. The van der Waals surface area contributed by atoms with E-state index in [1.54, 1.807) is 10.6 Å². The first-order chi connectivity index (χ1) is 18.6. The van der Waals surface area contributed by atoms with E-state index >= 15 is 0 Å². The molecular formula is C29H25F3N2O5. The summed E-state index contributed by atoms with van der Waals surface area (Å²) in [6, 6.07) is 13.5. The lowest BCUT2D eigenvalue weighted by atomic mass is 9.83. The van der Waals surface area contributed by atoms with E-state index in [0.717, 1.165) is 12.1 Å². The van der Waals surface area contributed by atoms with Crippen LogP contribution < -0.4 is 15.7 Å². The number of methoxy groups -OCH3 is 1. The number of fused-ring (bicyclic) bond motifs is 5. The number of ether oxygens (including phenoxy) is 1. The molecule has 0 radical (unpaired) electrons. The fourth-order valence-corrected chi connectivity index (χ4v) is 6.02. The lowest BCUT2D eigenvalue weighted by Crippen LogP contribution is -2.46. The van der Waals surface area contributed by atoms with Crippen LogP contribution in [0.15, 0.2) is 68.6 Å². The normalized spacial score (nSPS) is 19.2. The molecule has 6 rings (SSSR count). The summed E-state index contributed by atoms with van der Waals surface area (Å²) in [5.41, 5.74) is -0.648. The number of hydrogen-bond donors (Lipinski definition) is 1. The van der Waals surface area contributed by atoms with E-state index in [1.807, 2.05) is 11.0 Å². The third-order valence-electron chi connectivity index (χ3n) is 7.71. The summed E-state index contributed by atoms with van der Waals surface area (Å²) >= 11 is 0. The number of halogens is 3. The summed E-state index contributed by atoms with van der Waals surface area (Å²) in [4.78, 5) is 27.9. The summed E-state index contributed by atoms with van der Waals surface area (Å²) in [6.07, 6.45) is -4.05. The van der Waals surface area contributed by atoms with Crippen LogP contribution in [0, 0.1) is 5.92 Å². The minimum atomic E-state index is -4.95. The number of piperidine rings is 1. The van der Waals surface area contributed by atoms with Gasteiger partial charge in [0.05, 0.1) is 23.6 Å². The van der Waals surface area contributed by atoms with Gasteiger partial charge in [0.15, 0.2) is 0 Å². The molecule has 10 heteroatoms. The molecule has 1 saturated heterocycles. The van der Waals surface area contributed by atoms with Crippen molar-refractivity contribution in [3.63, 3.8) is 0 Å². The van der Waals surface area contributed by atoms with Crippen molar-refractivity contribution in [1.82, 2.24) is 9.47 Å². The lowest BCUT2D eigenvalue weighted by Gasteiger charge is -2.42. The molecular weight excluding hydrogens is 513 g/mol. The second-order valence-electron chi connectivity index (χ2n) is 10.2. The average Bonchev–Trinajstić information content (AvgIpc) is 2.90. The Morgan fingerprint density at radius 2 is 1.79 bits per heavy atom. The average molecular weight is 539 g/mol. The van der Waals surface area contributed by atoms with Crippen molar-refractivity contribution in [2.24, 2.45) is 5.92 Å². The second-order valence-corrected chi connectivity index (χ2v) is 10.2. The highest BCUT2D eigenvalue weighted by molar-refractivity contribution is 5.87. The maximum absolute atomic E-state index is 14.2. The molecule has 0 saturated carbocycles. The highest BCUT2D eigenvalue weighted by Gasteiger charge is 2.40. The number of pyridine rings is 1. The fraction of sp³-hybridized carbons (Fsp3) is 0.310. The third-order valence-corrected chi connectivity index (χ3v) is 7.71. The van der Waals surface area contributed by atoms with Gasteiger partial charge in [-0.15, -0.1) is 0 Å². The maximum Gasteiger partial charge on any atom is 0.450 e. The van der Waals surface area contributed by atoms with Crippen molar-refractivity contribution in [2.75, 3.05) is 20.2 Å². The second kappa shape index (κ2) is 9.30. The number of aromatic hydroxyl groups is 1. The van der Waals surface area contributed by atoms with Gasteiger partial charge in [-0.3, -0.25) is 14.5 Å². The van der Waals surface area contributed by atoms with Crippen molar-refractivity contribution in [3.05, 3.63) is 92.2 Å². The number of alkyl halides is 3. The number of phenolic OH excluding ortho intramolecular Hbond substituents is 1. The molecule has 39 heavy (non-hydrogen) atoms. The van der Waals surface area contributed by atoms with Gasteiger partial charge in [0, 0.05) is 43.9 Å². The summed E-state index contributed by atoms with van der Waals surface area (Å²) in [6.45, 7) is 1.79. The van der Waals surface area contributed by atoms with E-state index in [1.165, 1.54) is 49.6 Å². The third kappa shape index (κ3) is 4.38. The Balaban J connectivity index is 1.44. The summed E-state index contributed by atoms with van der Waals surface area (Å²) < 4.78 is 55.1. The van der Waals surface area contributed by atoms with Gasteiger partial charge < -0.3 is 18.8 Å².